The zero-order valence-corrected chi connectivity index (χ0v) is 9.31. The summed E-state index contributed by atoms with van der Waals surface area (Å²) in [6, 6.07) is 6.68. The monoisotopic (exact) mass is 253 g/mol. The Bertz CT molecular complexity index is 617. The quantitative estimate of drug-likeness (QED) is 0.853. The Labute approximate surface area is 100 Å². The second kappa shape index (κ2) is 4.42. The van der Waals surface area contributed by atoms with Crippen LogP contribution in [0.2, 0.25) is 5.02 Å². The van der Waals surface area contributed by atoms with Crippen LogP contribution >= 0.6 is 11.6 Å². The average Bonchev–Trinajstić information content (AvgIpc) is 2.60. The Hall–Kier alpha value is -2.08. The van der Waals surface area contributed by atoms with Gasteiger partial charge in [0.2, 0.25) is 0 Å². The van der Waals surface area contributed by atoms with Gasteiger partial charge >= 0.3 is 11.7 Å². The molecule has 0 unspecified atom stereocenters. The number of nitrogens with one attached hydrogen (secondary N) is 1. The number of aromatic amines is 1. The van der Waals surface area contributed by atoms with Crippen LogP contribution in [0.3, 0.4) is 0 Å². The molecule has 0 amide bonds. The van der Waals surface area contributed by atoms with E-state index in [2.05, 4.69) is 10.2 Å². The van der Waals surface area contributed by atoms with Gasteiger partial charge in [0.1, 0.15) is 6.54 Å². The average molecular weight is 254 g/mol. The first-order valence-corrected chi connectivity index (χ1v) is 5.08. The topological polar surface area (TPSA) is 88.0 Å². The predicted molar refractivity (Wildman–Crippen MR) is 60.9 cm³/mol. The first kappa shape index (κ1) is 11.4. The molecule has 0 radical (unpaired) electrons. The molecule has 0 atom stereocenters. The molecule has 0 aliphatic carbocycles. The highest BCUT2D eigenvalue weighted by atomic mass is 35.5. The molecule has 7 heteroatoms. The molecule has 1 aromatic heterocycles. The molecule has 88 valence electrons. The van der Waals surface area contributed by atoms with Gasteiger partial charge in [-0.1, -0.05) is 23.7 Å². The number of halogens is 1. The van der Waals surface area contributed by atoms with Crippen LogP contribution in [0.25, 0.3) is 11.4 Å². The number of rotatable bonds is 3. The lowest BCUT2D eigenvalue weighted by Gasteiger charge is -2.02. The molecule has 2 aromatic rings. The summed E-state index contributed by atoms with van der Waals surface area (Å²) < 4.78 is 1.04. The van der Waals surface area contributed by atoms with Gasteiger partial charge in [-0.25, -0.2) is 9.89 Å². The SMILES string of the molecule is O=C(O)Cn1c(-c2cccc(Cl)c2)n[nH]c1=O. The van der Waals surface area contributed by atoms with Crippen molar-refractivity contribution in [1.82, 2.24) is 14.8 Å². The van der Waals surface area contributed by atoms with Crippen molar-refractivity contribution in [2.24, 2.45) is 0 Å². The van der Waals surface area contributed by atoms with E-state index in [0.29, 0.717) is 10.6 Å². The van der Waals surface area contributed by atoms with Crippen LogP contribution < -0.4 is 5.69 Å². The molecule has 2 N–H and O–H groups in total. The second-order valence-electron chi connectivity index (χ2n) is 3.34. The van der Waals surface area contributed by atoms with Crippen LogP contribution in [-0.4, -0.2) is 25.8 Å². The maximum Gasteiger partial charge on any atom is 0.344 e. The molecule has 0 bridgehead atoms. The summed E-state index contributed by atoms with van der Waals surface area (Å²) >= 11 is 5.82. The summed E-state index contributed by atoms with van der Waals surface area (Å²) in [6.45, 7) is -0.447. The summed E-state index contributed by atoms with van der Waals surface area (Å²) in [5, 5.41) is 15.2. The number of carboxylic acids is 1. The van der Waals surface area contributed by atoms with Gasteiger partial charge in [0.25, 0.3) is 0 Å². The first-order chi connectivity index (χ1) is 8.08. The fourth-order valence-electron chi connectivity index (χ4n) is 1.45. The zero-order valence-electron chi connectivity index (χ0n) is 8.55. The van der Waals surface area contributed by atoms with Crippen LogP contribution in [0, 0.1) is 0 Å². The third-order valence-corrected chi connectivity index (χ3v) is 2.37. The number of carboxylic acid groups (broad SMARTS) is 1. The van der Waals surface area contributed by atoms with Crippen molar-refractivity contribution in [1.29, 1.82) is 0 Å². The zero-order chi connectivity index (χ0) is 12.4. The molecule has 0 spiro atoms. The maximum atomic E-state index is 11.4. The molecule has 1 heterocycles. The summed E-state index contributed by atoms with van der Waals surface area (Å²) in [5.74, 6) is -0.864. The van der Waals surface area contributed by atoms with Crippen molar-refractivity contribution < 1.29 is 9.90 Å². The minimum absolute atomic E-state index is 0.250. The van der Waals surface area contributed by atoms with E-state index in [1.54, 1.807) is 24.3 Å². The minimum atomic E-state index is -1.11. The molecule has 6 nitrogen and oxygen atoms in total. The third-order valence-electron chi connectivity index (χ3n) is 2.13. The van der Waals surface area contributed by atoms with E-state index in [-0.39, 0.29) is 5.82 Å². The van der Waals surface area contributed by atoms with Crippen molar-refractivity contribution >= 4 is 17.6 Å². The smallest absolute Gasteiger partial charge is 0.344 e. The van der Waals surface area contributed by atoms with Gasteiger partial charge in [0.15, 0.2) is 5.82 Å². The van der Waals surface area contributed by atoms with Gasteiger partial charge in [0.05, 0.1) is 0 Å². The van der Waals surface area contributed by atoms with Gasteiger partial charge in [0, 0.05) is 10.6 Å². The largest absolute Gasteiger partial charge is 0.480 e. The van der Waals surface area contributed by atoms with E-state index in [9.17, 15) is 9.59 Å². The van der Waals surface area contributed by atoms with Crippen LogP contribution in [0.15, 0.2) is 29.1 Å². The maximum absolute atomic E-state index is 11.4. The number of H-pyrrole nitrogens is 1. The van der Waals surface area contributed by atoms with Gasteiger partial charge in [-0.15, -0.1) is 0 Å². The number of aliphatic carboxylic acids is 1. The molecular formula is C10H8ClN3O3. The second-order valence-corrected chi connectivity index (χ2v) is 3.78. The Morgan fingerprint density at radius 2 is 2.29 bits per heavy atom. The summed E-state index contributed by atoms with van der Waals surface area (Å²) in [7, 11) is 0. The van der Waals surface area contributed by atoms with Crippen molar-refractivity contribution in [3.63, 3.8) is 0 Å². The third kappa shape index (κ3) is 2.36. The number of benzene rings is 1. The van der Waals surface area contributed by atoms with Crippen molar-refractivity contribution in [3.05, 3.63) is 39.8 Å². The number of nitrogens with zero attached hydrogens (tertiary/aromatic N) is 2. The molecular weight excluding hydrogens is 246 g/mol. The summed E-state index contributed by atoms with van der Waals surface area (Å²) in [6.07, 6.45) is 0. The van der Waals surface area contributed by atoms with Crippen LogP contribution in [0.5, 0.6) is 0 Å². The Morgan fingerprint density at radius 3 is 2.94 bits per heavy atom. The van der Waals surface area contributed by atoms with E-state index in [0.717, 1.165) is 4.57 Å². The highest BCUT2D eigenvalue weighted by Gasteiger charge is 2.13. The fourth-order valence-corrected chi connectivity index (χ4v) is 1.64. The molecule has 0 saturated carbocycles. The highest BCUT2D eigenvalue weighted by Crippen LogP contribution is 2.19. The van der Waals surface area contributed by atoms with Gasteiger partial charge in [-0.05, 0) is 12.1 Å². The Morgan fingerprint density at radius 1 is 1.53 bits per heavy atom. The number of hydrogen-bond donors (Lipinski definition) is 2. The van der Waals surface area contributed by atoms with E-state index in [4.69, 9.17) is 16.7 Å². The van der Waals surface area contributed by atoms with Gasteiger partial charge in [-0.2, -0.15) is 5.10 Å². The van der Waals surface area contributed by atoms with E-state index in [1.165, 1.54) is 0 Å². The lowest BCUT2D eigenvalue weighted by Crippen LogP contribution is -2.22. The van der Waals surface area contributed by atoms with Crippen molar-refractivity contribution in [2.45, 2.75) is 6.54 Å². The molecule has 0 fully saturated rings. The van der Waals surface area contributed by atoms with Crippen molar-refractivity contribution in [2.75, 3.05) is 0 Å². The van der Waals surface area contributed by atoms with Gasteiger partial charge in [-0.3, -0.25) is 9.36 Å². The van der Waals surface area contributed by atoms with Crippen LogP contribution in [0.1, 0.15) is 0 Å². The fraction of sp³-hybridized carbons (Fsp3) is 0.100. The van der Waals surface area contributed by atoms with E-state index in [1.807, 2.05) is 0 Å². The normalized spacial score (nSPS) is 10.4. The molecule has 1 aromatic carbocycles. The number of aromatic nitrogens is 3. The lowest BCUT2D eigenvalue weighted by molar-refractivity contribution is -0.137. The first-order valence-electron chi connectivity index (χ1n) is 4.71. The molecule has 2 rings (SSSR count). The standard InChI is InChI=1S/C10H8ClN3O3/c11-7-3-1-2-6(4-7)9-12-13-10(17)14(9)5-8(15)16/h1-4H,5H2,(H,13,17)(H,15,16). The summed E-state index contributed by atoms with van der Waals surface area (Å²) in [4.78, 5) is 22.0. The Kier molecular flexibility index (Phi) is 2.97. The Balaban J connectivity index is 2.52. The highest BCUT2D eigenvalue weighted by molar-refractivity contribution is 6.30. The molecule has 0 saturated heterocycles. The van der Waals surface area contributed by atoms with Crippen LogP contribution in [-0.2, 0) is 11.3 Å². The molecule has 0 aliphatic heterocycles. The summed E-state index contributed by atoms with van der Waals surface area (Å²) in [5.41, 5.74) is 0.0134. The van der Waals surface area contributed by atoms with E-state index >= 15 is 0 Å². The predicted octanol–water partition coefficient (Wildman–Crippen LogP) is 0.976. The number of hydrogen-bond acceptors (Lipinski definition) is 3. The molecule has 0 aliphatic rings. The van der Waals surface area contributed by atoms with Gasteiger partial charge < -0.3 is 5.11 Å². The van der Waals surface area contributed by atoms with Crippen molar-refractivity contribution in [3.8, 4) is 11.4 Å². The minimum Gasteiger partial charge on any atom is -0.480 e. The number of carbonyl (C=O) groups is 1. The lowest BCUT2D eigenvalue weighted by atomic mass is 10.2. The van der Waals surface area contributed by atoms with E-state index < -0.39 is 18.2 Å². The molecule has 17 heavy (non-hydrogen) atoms. The van der Waals surface area contributed by atoms with Crippen LogP contribution in [0.4, 0.5) is 0 Å².